The van der Waals surface area contributed by atoms with Gasteiger partial charge in [0.1, 0.15) is 11.4 Å². The van der Waals surface area contributed by atoms with Gasteiger partial charge in [-0.1, -0.05) is 6.92 Å². The van der Waals surface area contributed by atoms with Gasteiger partial charge in [-0.3, -0.25) is 4.98 Å². The van der Waals surface area contributed by atoms with Gasteiger partial charge in [0.15, 0.2) is 0 Å². The minimum Gasteiger partial charge on any atom is -0.435 e. The molecule has 2 aromatic heterocycles. The Bertz CT molecular complexity index is 720. The number of ether oxygens (including phenoxy) is 1. The average molecular weight is 444 g/mol. The molecule has 11 heteroatoms. The van der Waals surface area contributed by atoms with Crippen molar-refractivity contribution in [1.29, 1.82) is 0 Å². The number of thioether (sulfide) groups is 1. The van der Waals surface area contributed by atoms with Crippen LogP contribution in [0.5, 0.6) is 5.88 Å². The van der Waals surface area contributed by atoms with E-state index in [-0.39, 0.29) is 0 Å². The highest BCUT2D eigenvalue weighted by atomic mass is 79.9. The Morgan fingerprint density at radius 1 is 1.24 bits per heavy atom. The summed E-state index contributed by atoms with van der Waals surface area (Å²) in [6, 6.07) is 4.20. The normalized spacial score (nSPS) is 13.1. The zero-order valence-corrected chi connectivity index (χ0v) is 15.0. The largest absolute Gasteiger partial charge is 0.435 e. The molecule has 0 aromatic carbocycles. The van der Waals surface area contributed by atoms with E-state index in [4.69, 9.17) is 0 Å². The fourth-order valence-corrected chi connectivity index (χ4v) is 2.97. The van der Waals surface area contributed by atoms with Gasteiger partial charge in [-0.05, 0) is 33.8 Å². The molecule has 0 radical (unpaired) electrons. The fourth-order valence-electron chi connectivity index (χ4n) is 1.67. The maximum atomic E-state index is 13.2. The molecule has 0 aliphatic heterocycles. The van der Waals surface area contributed by atoms with E-state index in [1.807, 2.05) is 13.0 Å². The van der Waals surface area contributed by atoms with Crippen LogP contribution in [0, 0.1) is 0 Å². The van der Waals surface area contributed by atoms with Crippen molar-refractivity contribution in [1.82, 2.24) is 15.2 Å². The van der Waals surface area contributed by atoms with Crippen molar-refractivity contribution in [2.24, 2.45) is 0 Å². The molecule has 0 fully saturated rings. The average Bonchev–Trinajstić information content (AvgIpc) is 2.56. The predicted octanol–water partition coefficient (Wildman–Crippen LogP) is 4.99. The fraction of sp³-hybridized carbons (Fsp3) is 0.357. The number of alkyl halides is 5. The number of hydrogen-bond donors (Lipinski definition) is 0. The lowest BCUT2D eigenvalue weighted by atomic mass is 10.2. The molecule has 0 saturated carbocycles. The van der Waals surface area contributed by atoms with Crippen molar-refractivity contribution in [3.63, 3.8) is 0 Å². The molecule has 2 heterocycles. The van der Waals surface area contributed by atoms with Crippen molar-refractivity contribution in [2.75, 3.05) is 5.75 Å². The van der Waals surface area contributed by atoms with Gasteiger partial charge in [0.2, 0.25) is 5.88 Å². The van der Waals surface area contributed by atoms with Gasteiger partial charge in [-0.2, -0.15) is 13.2 Å². The van der Waals surface area contributed by atoms with Crippen LogP contribution < -0.4 is 4.74 Å². The van der Waals surface area contributed by atoms with E-state index in [2.05, 4.69) is 35.8 Å². The van der Waals surface area contributed by atoms with E-state index in [0.717, 1.165) is 21.2 Å². The summed E-state index contributed by atoms with van der Waals surface area (Å²) in [5.74, 6) is -4.82. The van der Waals surface area contributed by atoms with Crippen LogP contribution in [0.2, 0.25) is 0 Å². The van der Waals surface area contributed by atoms with Crippen molar-refractivity contribution in [3.8, 4) is 17.3 Å². The van der Waals surface area contributed by atoms with Gasteiger partial charge >= 0.3 is 18.7 Å². The van der Waals surface area contributed by atoms with Gasteiger partial charge in [-0.25, -0.2) is 8.78 Å². The topological polar surface area (TPSA) is 47.9 Å². The van der Waals surface area contributed by atoms with Crippen LogP contribution in [-0.4, -0.2) is 39.6 Å². The highest BCUT2D eigenvalue weighted by Gasteiger charge is 2.51. The second kappa shape index (κ2) is 8.26. The molecule has 0 spiro atoms. The Balaban J connectivity index is 2.21. The van der Waals surface area contributed by atoms with E-state index < -0.39 is 24.6 Å². The molecular formula is C14H11BrF5N3OS. The second-order valence-electron chi connectivity index (χ2n) is 4.60. The molecule has 1 unspecified atom stereocenters. The quantitative estimate of drug-likeness (QED) is 0.445. The Kier molecular flexibility index (Phi) is 6.55. The molecule has 1 atom stereocenters. The van der Waals surface area contributed by atoms with Crippen molar-refractivity contribution in [2.45, 2.75) is 30.5 Å². The number of aromatic nitrogens is 3. The molecule has 0 saturated heterocycles. The van der Waals surface area contributed by atoms with Gasteiger partial charge in [0.25, 0.3) is 0 Å². The molecule has 136 valence electrons. The van der Waals surface area contributed by atoms with Gasteiger partial charge in [0, 0.05) is 21.6 Å². The van der Waals surface area contributed by atoms with Crippen LogP contribution >= 0.6 is 27.7 Å². The minimum absolute atomic E-state index is 0.298. The zero-order chi connectivity index (χ0) is 18.6. The van der Waals surface area contributed by atoms with E-state index in [9.17, 15) is 22.0 Å². The lowest BCUT2D eigenvalue weighted by molar-refractivity contribution is -0.222. The first-order valence-electron chi connectivity index (χ1n) is 6.84. The third-order valence-corrected chi connectivity index (χ3v) is 4.16. The SMILES string of the molecule is CCSc1cc(Br)cnc1-c1ccc(OC(F)C(F)(F)C(F)F)nn1. The van der Waals surface area contributed by atoms with E-state index in [1.165, 1.54) is 17.8 Å². The van der Waals surface area contributed by atoms with Crippen molar-refractivity contribution >= 4 is 27.7 Å². The molecule has 0 aliphatic carbocycles. The number of halogens is 6. The van der Waals surface area contributed by atoms with E-state index in [0.29, 0.717) is 11.4 Å². The molecule has 2 aromatic rings. The molecule has 0 N–H and O–H groups in total. The Morgan fingerprint density at radius 3 is 2.52 bits per heavy atom. The van der Waals surface area contributed by atoms with Crippen LogP contribution in [0.4, 0.5) is 22.0 Å². The van der Waals surface area contributed by atoms with E-state index in [1.54, 1.807) is 6.20 Å². The van der Waals surface area contributed by atoms with Crippen molar-refractivity contribution < 1.29 is 26.7 Å². The first-order valence-corrected chi connectivity index (χ1v) is 8.62. The highest BCUT2D eigenvalue weighted by Crippen LogP contribution is 2.32. The summed E-state index contributed by atoms with van der Waals surface area (Å²) in [6.45, 7) is 1.95. The van der Waals surface area contributed by atoms with Gasteiger partial charge < -0.3 is 4.74 Å². The van der Waals surface area contributed by atoms with Crippen LogP contribution in [-0.2, 0) is 0 Å². The minimum atomic E-state index is -4.95. The molecule has 0 bridgehead atoms. The molecule has 0 aliphatic rings. The Labute approximate surface area is 152 Å². The van der Waals surface area contributed by atoms with Crippen LogP contribution in [0.25, 0.3) is 11.4 Å². The molecule has 4 nitrogen and oxygen atoms in total. The number of nitrogens with zero attached hydrogens (tertiary/aromatic N) is 3. The summed E-state index contributed by atoms with van der Waals surface area (Å²) < 4.78 is 67.9. The number of hydrogen-bond acceptors (Lipinski definition) is 5. The van der Waals surface area contributed by atoms with Gasteiger partial charge in [-0.15, -0.1) is 22.0 Å². The van der Waals surface area contributed by atoms with Crippen LogP contribution in [0.15, 0.2) is 33.8 Å². The summed E-state index contributed by atoms with van der Waals surface area (Å²) in [4.78, 5) is 5.01. The summed E-state index contributed by atoms with van der Waals surface area (Å²) in [5.41, 5.74) is 0.788. The molecular weight excluding hydrogens is 433 g/mol. The molecule has 25 heavy (non-hydrogen) atoms. The highest BCUT2D eigenvalue weighted by molar-refractivity contribution is 9.10. The van der Waals surface area contributed by atoms with E-state index >= 15 is 0 Å². The Morgan fingerprint density at radius 2 is 1.96 bits per heavy atom. The standard InChI is InChI=1S/C14H11BrF5N3OS/c1-2-25-9-5-7(15)6-21-11(9)8-3-4-10(23-22-8)24-13(18)14(19,20)12(16)17/h3-6,12-13H,2H2,1H3. The zero-order valence-electron chi connectivity index (χ0n) is 12.6. The monoisotopic (exact) mass is 443 g/mol. The van der Waals surface area contributed by atoms with Gasteiger partial charge in [0.05, 0.1) is 0 Å². The molecule has 2 rings (SSSR count). The summed E-state index contributed by atoms with van der Waals surface area (Å²) in [7, 11) is 0. The first-order chi connectivity index (χ1) is 11.8. The summed E-state index contributed by atoms with van der Waals surface area (Å²) >= 11 is 4.80. The van der Waals surface area contributed by atoms with Crippen molar-refractivity contribution in [3.05, 3.63) is 28.9 Å². The third kappa shape index (κ3) is 4.78. The number of pyridine rings is 1. The summed E-state index contributed by atoms with van der Waals surface area (Å²) in [6.07, 6.45) is -6.19. The maximum Gasteiger partial charge on any atom is 0.372 e. The third-order valence-electron chi connectivity index (χ3n) is 2.82. The van der Waals surface area contributed by atoms with Crippen LogP contribution in [0.1, 0.15) is 6.92 Å². The first kappa shape index (κ1) is 19.8. The number of rotatable bonds is 7. The lowest BCUT2D eigenvalue weighted by Gasteiger charge is -2.19. The second-order valence-corrected chi connectivity index (χ2v) is 6.82. The maximum absolute atomic E-state index is 13.2. The lowest BCUT2D eigenvalue weighted by Crippen LogP contribution is -2.41. The van der Waals surface area contributed by atoms with Crippen LogP contribution in [0.3, 0.4) is 0 Å². The smallest absolute Gasteiger partial charge is 0.372 e. The summed E-state index contributed by atoms with van der Waals surface area (Å²) in [5, 5.41) is 7.18. The molecule has 0 amide bonds. The Hall–Kier alpha value is -1.49. The predicted molar refractivity (Wildman–Crippen MR) is 85.8 cm³/mol.